The average molecular weight is 264 g/mol. The second-order valence-electron chi connectivity index (χ2n) is 4.71. The molecule has 1 atom stereocenters. The van der Waals surface area contributed by atoms with Crippen molar-refractivity contribution in [2.24, 2.45) is 5.11 Å². The number of hydrogen-bond donors (Lipinski definition) is 1. The summed E-state index contributed by atoms with van der Waals surface area (Å²) in [6.07, 6.45) is 0.348. The van der Waals surface area contributed by atoms with Gasteiger partial charge in [0.05, 0.1) is 0 Å². The molecule has 2 aromatic carbocycles. The smallest absolute Gasteiger partial charge is 0.241 e. The number of amides is 1. The Morgan fingerprint density at radius 3 is 2.55 bits per heavy atom. The van der Waals surface area contributed by atoms with Crippen LogP contribution in [-0.2, 0) is 16.8 Å². The summed E-state index contributed by atoms with van der Waals surface area (Å²) in [7, 11) is 0. The van der Waals surface area contributed by atoms with Crippen LogP contribution in [0.5, 0.6) is 0 Å². The topological polar surface area (TPSA) is 77.9 Å². The van der Waals surface area contributed by atoms with E-state index in [4.69, 9.17) is 5.53 Å². The van der Waals surface area contributed by atoms with Crippen LogP contribution in [0.15, 0.2) is 59.7 Å². The number of rotatable bonds is 3. The van der Waals surface area contributed by atoms with Gasteiger partial charge in [-0.15, -0.1) is 0 Å². The SMILES string of the molecule is [N-]=[N+]=NC1(Cc2ccccc2)C(=O)Nc2ccccc21. The highest BCUT2D eigenvalue weighted by molar-refractivity contribution is 6.06. The normalized spacial score (nSPS) is 19.9. The van der Waals surface area contributed by atoms with Crippen LogP contribution in [0.3, 0.4) is 0 Å². The van der Waals surface area contributed by atoms with Crippen LogP contribution in [0.4, 0.5) is 5.69 Å². The highest BCUT2D eigenvalue weighted by atomic mass is 16.2. The van der Waals surface area contributed by atoms with Crippen molar-refractivity contribution >= 4 is 11.6 Å². The number of benzene rings is 2. The molecule has 0 aliphatic carbocycles. The summed E-state index contributed by atoms with van der Waals surface area (Å²) < 4.78 is 0. The summed E-state index contributed by atoms with van der Waals surface area (Å²) in [6.45, 7) is 0. The molecule has 0 spiro atoms. The van der Waals surface area contributed by atoms with Gasteiger partial charge in [-0.1, -0.05) is 53.6 Å². The lowest BCUT2D eigenvalue weighted by atomic mass is 9.86. The molecular formula is C15H12N4O. The zero-order valence-corrected chi connectivity index (χ0v) is 10.7. The minimum absolute atomic E-state index is 0.277. The molecule has 2 aromatic rings. The first-order valence-corrected chi connectivity index (χ1v) is 6.27. The summed E-state index contributed by atoms with van der Waals surface area (Å²) in [5.74, 6) is -0.277. The molecule has 5 heteroatoms. The largest absolute Gasteiger partial charge is 0.325 e. The summed E-state index contributed by atoms with van der Waals surface area (Å²) in [4.78, 5) is 15.3. The van der Waals surface area contributed by atoms with E-state index in [9.17, 15) is 4.79 Å². The quantitative estimate of drug-likeness (QED) is 0.514. The maximum Gasteiger partial charge on any atom is 0.241 e. The van der Waals surface area contributed by atoms with E-state index in [1.807, 2.05) is 54.6 Å². The number of para-hydroxylation sites is 1. The Kier molecular flexibility index (Phi) is 2.89. The van der Waals surface area contributed by atoms with Gasteiger partial charge >= 0.3 is 0 Å². The van der Waals surface area contributed by atoms with Crippen LogP contribution in [-0.4, -0.2) is 5.91 Å². The van der Waals surface area contributed by atoms with Crippen LogP contribution < -0.4 is 5.32 Å². The van der Waals surface area contributed by atoms with Crippen molar-refractivity contribution in [1.29, 1.82) is 0 Å². The number of nitrogens with zero attached hydrogens (tertiary/aromatic N) is 3. The van der Waals surface area contributed by atoms with Crippen molar-refractivity contribution in [3.63, 3.8) is 0 Å². The van der Waals surface area contributed by atoms with Gasteiger partial charge in [0.1, 0.15) is 0 Å². The lowest BCUT2D eigenvalue weighted by Gasteiger charge is -2.21. The van der Waals surface area contributed by atoms with E-state index in [0.717, 1.165) is 11.1 Å². The number of anilines is 1. The number of hydrogen-bond acceptors (Lipinski definition) is 2. The zero-order chi connectivity index (χ0) is 14.0. The molecule has 0 fully saturated rings. The Labute approximate surface area is 115 Å². The molecule has 1 amide bonds. The van der Waals surface area contributed by atoms with Gasteiger partial charge in [0.25, 0.3) is 0 Å². The molecule has 1 aliphatic heterocycles. The van der Waals surface area contributed by atoms with Crippen LogP contribution in [0.2, 0.25) is 0 Å². The van der Waals surface area contributed by atoms with Crippen LogP contribution in [0, 0.1) is 0 Å². The Balaban J connectivity index is 2.13. The van der Waals surface area contributed by atoms with Crippen LogP contribution in [0.25, 0.3) is 10.4 Å². The van der Waals surface area contributed by atoms with Gasteiger partial charge in [-0.2, -0.15) is 0 Å². The molecule has 3 rings (SSSR count). The monoisotopic (exact) mass is 264 g/mol. The van der Waals surface area contributed by atoms with Gasteiger partial charge < -0.3 is 5.32 Å². The van der Waals surface area contributed by atoms with Crippen LogP contribution in [0.1, 0.15) is 11.1 Å². The third-order valence-corrected chi connectivity index (χ3v) is 3.51. The fourth-order valence-electron chi connectivity index (χ4n) is 2.58. The van der Waals surface area contributed by atoms with Gasteiger partial charge in [-0.25, -0.2) is 0 Å². The number of nitrogens with one attached hydrogen (secondary N) is 1. The number of carbonyl (C=O) groups excluding carboxylic acids is 1. The molecule has 98 valence electrons. The molecule has 1 N–H and O–H groups in total. The Hall–Kier alpha value is -2.78. The molecule has 0 bridgehead atoms. The molecule has 1 unspecified atom stereocenters. The van der Waals surface area contributed by atoms with E-state index in [2.05, 4.69) is 15.3 Å². The Morgan fingerprint density at radius 2 is 1.80 bits per heavy atom. The number of carbonyl (C=O) groups is 1. The molecular weight excluding hydrogens is 252 g/mol. The molecule has 20 heavy (non-hydrogen) atoms. The zero-order valence-electron chi connectivity index (χ0n) is 10.7. The van der Waals surface area contributed by atoms with Crippen molar-refractivity contribution in [2.75, 3.05) is 5.32 Å². The van der Waals surface area contributed by atoms with Crippen molar-refractivity contribution < 1.29 is 4.79 Å². The predicted octanol–water partition coefficient (Wildman–Crippen LogP) is 3.39. The fourth-order valence-corrected chi connectivity index (χ4v) is 2.58. The minimum atomic E-state index is -1.20. The standard InChI is InChI=1S/C15H12N4O/c16-19-18-15(10-11-6-2-1-3-7-11)12-8-4-5-9-13(12)17-14(15)20/h1-9H,10H2,(H,17,20). The maximum absolute atomic E-state index is 12.4. The van der Waals surface area contributed by atoms with E-state index in [-0.39, 0.29) is 5.91 Å². The van der Waals surface area contributed by atoms with E-state index >= 15 is 0 Å². The molecule has 0 aromatic heterocycles. The lowest BCUT2D eigenvalue weighted by Crippen LogP contribution is -2.34. The van der Waals surface area contributed by atoms with E-state index < -0.39 is 5.54 Å². The predicted molar refractivity (Wildman–Crippen MR) is 76.0 cm³/mol. The molecule has 0 saturated carbocycles. The Morgan fingerprint density at radius 1 is 1.10 bits per heavy atom. The number of azide groups is 1. The van der Waals surface area contributed by atoms with Crippen molar-refractivity contribution in [3.8, 4) is 0 Å². The minimum Gasteiger partial charge on any atom is -0.325 e. The highest BCUT2D eigenvalue weighted by Gasteiger charge is 2.46. The van der Waals surface area contributed by atoms with Gasteiger partial charge in [0.15, 0.2) is 5.54 Å². The second kappa shape index (κ2) is 4.72. The molecule has 0 saturated heterocycles. The second-order valence-corrected chi connectivity index (χ2v) is 4.71. The van der Waals surface area contributed by atoms with Crippen molar-refractivity contribution in [1.82, 2.24) is 0 Å². The first-order chi connectivity index (χ1) is 9.76. The third-order valence-electron chi connectivity index (χ3n) is 3.51. The fraction of sp³-hybridized carbons (Fsp3) is 0.133. The highest BCUT2D eigenvalue weighted by Crippen LogP contribution is 2.41. The van der Waals surface area contributed by atoms with Gasteiger partial charge in [-0.05, 0) is 29.1 Å². The van der Waals surface area contributed by atoms with E-state index in [1.165, 1.54) is 0 Å². The number of fused-ring (bicyclic) bond motifs is 1. The summed E-state index contributed by atoms with van der Waals surface area (Å²) >= 11 is 0. The van der Waals surface area contributed by atoms with Gasteiger partial charge in [0, 0.05) is 10.6 Å². The maximum atomic E-state index is 12.4. The lowest BCUT2D eigenvalue weighted by molar-refractivity contribution is -0.120. The van der Waals surface area contributed by atoms with Crippen LogP contribution >= 0.6 is 0 Å². The molecule has 1 heterocycles. The first-order valence-electron chi connectivity index (χ1n) is 6.27. The summed E-state index contributed by atoms with van der Waals surface area (Å²) in [6, 6.07) is 16.9. The molecule has 0 radical (unpaired) electrons. The molecule has 5 nitrogen and oxygen atoms in total. The summed E-state index contributed by atoms with van der Waals surface area (Å²) in [5, 5.41) is 6.63. The van der Waals surface area contributed by atoms with E-state index in [1.54, 1.807) is 0 Å². The molecule has 1 aliphatic rings. The Bertz CT molecular complexity index is 707. The first kappa shape index (κ1) is 12.3. The van der Waals surface area contributed by atoms with E-state index in [0.29, 0.717) is 12.1 Å². The van der Waals surface area contributed by atoms with Gasteiger partial charge in [0.2, 0.25) is 5.91 Å². The third kappa shape index (κ3) is 1.81. The summed E-state index contributed by atoms with van der Waals surface area (Å²) in [5.41, 5.74) is 10.1. The average Bonchev–Trinajstić information content (AvgIpc) is 2.74. The van der Waals surface area contributed by atoms with Crippen molar-refractivity contribution in [2.45, 2.75) is 12.0 Å². The van der Waals surface area contributed by atoms with Gasteiger partial charge in [-0.3, -0.25) is 4.79 Å². The van der Waals surface area contributed by atoms with Crippen molar-refractivity contribution in [3.05, 3.63) is 76.2 Å².